The molecule has 0 bridgehead atoms. The van der Waals surface area contributed by atoms with Gasteiger partial charge in [0.05, 0.1) is 19.5 Å². The summed E-state index contributed by atoms with van der Waals surface area (Å²) in [7, 11) is 3.23. The molecule has 3 aromatic rings. The molecule has 0 unspecified atom stereocenters. The van der Waals surface area contributed by atoms with E-state index in [4.69, 9.17) is 9.47 Å². The van der Waals surface area contributed by atoms with Gasteiger partial charge in [-0.25, -0.2) is 0 Å². The highest BCUT2D eigenvalue weighted by molar-refractivity contribution is 8.00. The first kappa shape index (κ1) is 20.7. The molecule has 1 aromatic heterocycles. The number of hydrogen-bond acceptors (Lipinski definition) is 6. The monoisotopic (exact) mass is 409 g/mol. The lowest BCUT2D eigenvalue weighted by Gasteiger charge is -2.12. The predicted molar refractivity (Wildman–Crippen MR) is 115 cm³/mol. The van der Waals surface area contributed by atoms with Crippen LogP contribution in [0.4, 0.5) is 0 Å². The topological polar surface area (TPSA) is 66.2 Å². The van der Waals surface area contributed by atoms with E-state index in [1.807, 2.05) is 35.8 Å². The largest absolute Gasteiger partial charge is 0.497 e. The molecular weight excluding hydrogens is 386 g/mol. The number of benzene rings is 2. The second kappa shape index (κ2) is 9.43. The number of allylic oxidation sites excluding steroid dienone is 1. The van der Waals surface area contributed by atoms with Crippen molar-refractivity contribution in [1.29, 1.82) is 0 Å². The maximum Gasteiger partial charge on any atom is 0.192 e. The number of hydrogen-bond donors (Lipinski definition) is 0. The molecule has 0 fully saturated rings. The smallest absolute Gasteiger partial charge is 0.192 e. The molecule has 0 N–H and O–H groups in total. The van der Waals surface area contributed by atoms with Crippen molar-refractivity contribution in [1.82, 2.24) is 14.8 Å². The van der Waals surface area contributed by atoms with Crippen molar-refractivity contribution < 1.29 is 14.3 Å². The van der Waals surface area contributed by atoms with E-state index in [1.54, 1.807) is 44.6 Å². The zero-order valence-electron chi connectivity index (χ0n) is 16.7. The normalized spacial score (nSPS) is 11.7. The number of ketones is 1. The molecule has 0 saturated carbocycles. The number of Topliss-reactive ketones (excluding diaryl/α,β-unsaturated/α-hetero) is 1. The third-order valence-electron chi connectivity index (χ3n) is 4.40. The first-order chi connectivity index (χ1) is 14.1. The fraction of sp³-hybridized carbons (Fsp3) is 0.227. The first-order valence-corrected chi connectivity index (χ1v) is 9.98. The summed E-state index contributed by atoms with van der Waals surface area (Å²) in [5.41, 5.74) is 1.55. The van der Waals surface area contributed by atoms with Gasteiger partial charge in [-0.15, -0.1) is 16.8 Å². The number of carbonyl (C=O) groups excluding carboxylic acids is 1. The van der Waals surface area contributed by atoms with Crippen molar-refractivity contribution in [3.8, 4) is 22.9 Å². The lowest BCUT2D eigenvalue weighted by atomic mass is 10.1. The molecule has 0 saturated heterocycles. The maximum atomic E-state index is 12.8. The van der Waals surface area contributed by atoms with Crippen LogP contribution in [0.25, 0.3) is 11.4 Å². The number of methoxy groups -OCH3 is 2. The number of nitrogens with zero attached hydrogens (tertiary/aromatic N) is 3. The molecule has 29 heavy (non-hydrogen) atoms. The van der Waals surface area contributed by atoms with Gasteiger partial charge in [-0.1, -0.05) is 17.8 Å². The predicted octanol–water partition coefficient (Wildman–Crippen LogP) is 4.51. The summed E-state index contributed by atoms with van der Waals surface area (Å²) in [4.78, 5) is 12.8. The molecule has 0 aliphatic rings. The number of carbonyl (C=O) groups is 1. The number of thioether (sulfide) groups is 1. The average Bonchev–Trinajstić information content (AvgIpc) is 3.15. The van der Waals surface area contributed by atoms with Crippen LogP contribution in [0, 0.1) is 0 Å². The highest BCUT2D eigenvalue weighted by Crippen LogP contribution is 2.29. The van der Waals surface area contributed by atoms with Crippen LogP contribution in [0.1, 0.15) is 17.3 Å². The third-order valence-corrected chi connectivity index (χ3v) is 5.48. The van der Waals surface area contributed by atoms with Crippen molar-refractivity contribution >= 4 is 17.5 Å². The van der Waals surface area contributed by atoms with Gasteiger partial charge in [-0.3, -0.25) is 9.36 Å². The molecule has 0 aliphatic heterocycles. The van der Waals surface area contributed by atoms with Crippen LogP contribution >= 0.6 is 11.8 Å². The van der Waals surface area contributed by atoms with Gasteiger partial charge in [-0.05, 0) is 55.5 Å². The standard InChI is InChI=1S/C22H23N3O3S/c1-5-14-25-21(17-8-12-19(28-4)13-9-17)23-24-22(25)29-15(2)20(26)16-6-10-18(27-3)11-7-16/h5-13,15H,1,14H2,2-4H3/t15-/m1/s1. The van der Waals surface area contributed by atoms with Gasteiger partial charge in [0.25, 0.3) is 0 Å². The van der Waals surface area contributed by atoms with E-state index < -0.39 is 0 Å². The fourth-order valence-corrected chi connectivity index (χ4v) is 3.76. The minimum Gasteiger partial charge on any atom is -0.497 e. The van der Waals surface area contributed by atoms with Crippen molar-refractivity contribution in [3.63, 3.8) is 0 Å². The Bertz CT molecular complexity index is 982. The highest BCUT2D eigenvalue weighted by atomic mass is 32.2. The van der Waals surface area contributed by atoms with Gasteiger partial charge in [0.15, 0.2) is 16.8 Å². The summed E-state index contributed by atoms with van der Waals surface area (Å²) in [5, 5.41) is 9.02. The Morgan fingerprint density at radius 1 is 1.07 bits per heavy atom. The van der Waals surface area contributed by atoms with E-state index in [0.717, 1.165) is 22.9 Å². The van der Waals surface area contributed by atoms with Gasteiger partial charge >= 0.3 is 0 Å². The van der Waals surface area contributed by atoms with E-state index >= 15 is 0 Å². The quantitative estimate of drug-likeness (QED) is 0.294. The molecule has 0 amide bonds. The third kappa shape index (κ3) is 4.68. The molecule has 0 radical (unpaired) electrons. The molecule has 150 valence electrons. The average molecular weight is 410 g/mol. The highest BCUT2D eigenvalue weighted by Gasteiger charge is 2.21. The zero-order chi connectivity index (χ0) is 20.8. The summed E-state index contributed by atoms with van der Waals surface area (Å²) in [6.45, 7) is 6.25. The first-order valence-electron chi connectivity index (χ1n) is 9.10. The maximum absolute atomic E-state index is 12.8. The molecular formula is C22H23N3O3S. The molecule has 7 heteroatoms. The number of rotatable bonds is 9. The van der Waals surface area contributed by atoms with Gasteiger partial charge in [0, 0.05) is 17.7 Å². The van der Waals surface area contributed by atoms with Crippen LogP contribution < -0.4 is 9.47 Å². The van der Waals surface area contributed by atoms with Crippen LogP contribution in [0.5, 0.6) is 11.5 Å². The number of aromatic nitrogens is 3. The van der Waals surface area contributed by atoms with Crippen molar-refractivity contribution in [2.45, 2.75) is 23.9 Å². The summed E-state index contributed by atoms with van der Waals surface area (Å²) in [5.74, 6) is 2.24. The van der Waals surface area contributed by atoms with E-state index in [2.05, 4.69) is 16.8 Å². The summed E-state index contributed by atoms with van der Waals surface area (Å²) in [6.07, 6.45) is 1.79. The Morgan fingerprint density at radius 3 is 2.21 bits per heavy atom. The Kier molecular flexibility index (Phi) is 6.72. The lowest BCUT2D eigenvalue weighted by Crippen LogP contribution is -2.14. The minimum absolute atomic E-state index is 0.0248. The molecule has 6 nitrogen and oxygen atoms in total. The molecule has 3 rings (SSSR count). The van der Waals surface area contributed by atoms with Gasteiger partial charge in [0.1, 0.15) is 11.5 Å². The van der Waals surface area contributed by atoms with E-state index in [9.17, 15) is 4.79 Å². The van der Waals surface area contributed by atoms with Crippen molar-refractivity contribution in [2.24, 2.45) is 0 Å². The summed E-state index contributed by atoms with van der Waals surface area (Å²) in [6, 6.07) is 14.7. The van der Waals surface area contributed by atoms with Crippen LogP contribution in [-0.4, -0.2) is 40.0 Å². The Balaban J connectivity index is 1.82. The SMILES string of the molecule is C=CCn1c(S[C@H](C)C(=O)c2ccc(OC)cc2)nnc1-c1ccc(OC)cc1. The summed E-state index contributed by atoms with van der Waals surface area (Å²) >= 11 is 1.38. The molecule has 1 atom stereocenters. The Hall–Kier alpha value is -3.06. The molecule has 0 aliphatic carbocycles. The van der Waals surface area contributed by atoms with E-state index in [0.29, 0.717) is 17.3 Å². The second-order valence-electron chi connectivity index (χ2n) is 6.29. The van der Waals surface area contributed by atoms with Crippen LogP contribution in [0.15, 0.2) is 66.3 Å². The summed E-state index contributed by atoms with van der Waals surface area (Å²) < 4.78 is 12.3. The van der Waals surface area contributed by atoms with Crippen LogP contribution in [0.2, 0.25) is 0 Å². The van der Waals surface area contributed by atoms with Crippen LogP contribution in [0.3, 0.4) is 0 Å². The molecule has 1 heterocycles. The number of ether oxygens (including phenoxy) is 2. The van der Waals surface area contributed by atoms with Crippen molar-refractivity contribution in [2.75, 3.05) is 14.2 Å². The van der Waals surface area contributed by atoms with E-state index in [1.165, 1.54) is 11.8 Å². The van der Waals surface area contributed by atoms with Gasteiger partial charge < -0.3 is 9.47 Å². The zero-order valence-corrected chi connectivity index (χ0v) is 17.5. The fourth-order valence-electron chi connectivity index (χ4n) is 2.82. The lowest BCUT2D eigenvalue weighted by molar-refractivity contribution is 0.0994. The van der Waals surface area contributed by atoms with Crippen LogP contribution in [-0.2, 0) is 6.54 Å². The minimum atomic E-state index is -0.320. The van der Waals surface area contributed by atoms with E-state index in [-0.39, 0.29) is 11.0 Å². The second-order valence-corrected chi connectivity index (χ2v) is 7.59. The van der Waals surface area contributed by atoms with Gasteiger partial charge in [0.2, 0.25) is 0 Å². The Labute approximate surface area is 174 Å². The molecule has 0 spiro atoms. The van der Waals surface area contributed by atoms with Gasteiger partial charge in [-0.2, -0.15) is 0 Å². The van der Waals surface area contributed by atoms with Crippen molar-refractivity contribution in [3.05, 3.63) is 66.7 Å². The molecule has 2 aromatic carbocycles. The Morgan fingerprint density at radius 2 is 1.66 bits per heavy atom.